The summed E-state index contributed by atoms with van der Waals surface area (Å²) in [7, 11) is 0. The van der Waals surface area contributed by atoms with Crippen molar-refractivity contribution in [1.82, 2.24) is 14.9 Å². The maximum atomic E-state index is 11.9. The fraction of sp³-hybridized carbons (Fsp3) is 0.450. The molecule has 142 valence electrons. The molecule has 2 N–H and O–H groups in total. The SMILES string of the molecule is CC(=O)N1CCc2c(nc(-c3ccc(N)cc3)nc2N2CCOCC2C)C1. The number of fused-ring (bicyclic) bond motifs is 1. The number of benzene rings is 1. The summed E-state index contributed by atoms with van der Waals surface area (Å²) in [5.74, 6) is 1.73. The van der Waals surface area contributed by atoms with E-state index in [-0.39, 0.29) is 11.9 Å². The number of aromatic nitrogens is 2. The fourth-order valence-electron chi connectivity index (χ4n) is 3.72. The summed E-state index contributed by atoms with van der Waals surface area (Å²) in [6.07, 6.45) is 0.774. The summed E-state index contributed by atoms with van der Waals surface area (Å²) in [4.78, 5) is 25.8. The molecular weight excluding hydrogens is 342 g/mol. The average Bonchev–Trinajstić information content (AvgIpc) is 2.67. The fourth-order valence-corrected chi connectivity index (χ4v) is 3.72. The van der Waals surface area contributed by atoms with E-state index in [0.29, 0.717) is 37.8 Å². The number of morpholine rings is 1. The molecule has 0 spiro atoms. The van der Waals surface area contributed by atoms with Crippen molar-refractivity contribution in [1.29, 1.82) is 0 Å². The summed E-state index contributed by atoms with van der Waals surface area (Å²) in [5, 5.41) is 0. The predicted molar refractivity (Wildman–Crippen MR) is 104 cm³/mol. The highest BCUT2D eigenvalue weighted by atomic mass is 16.5. The summed E-state index contributed by atoms with van der Waals surface area (Å²) >= 11 is 0. The minimum Gasteiger partial charge on any atom is -0.399 e. The van der Waals surface area contributed by atoms with Crippen molar-refractivity contribution in [2.24, 2.45) is 0 Å². The molecule has 4 rings (SSSR count). The first-order valence-corrected chi connectivity index (χ1v) is 9.38. The van der Waals surface area contributed by atoms with E-state index in [2.05, 4.69) is 11.8 Å². The van der Waals surface area contributed by atoms with Gasteiger partial charge in [0.05, 0.1) is 31.5 Å². The van der Waals surface area contributed by atoms with Gasteiger partial charge in [0, 0.05) is 36.8 Å². The molecule has 7 heteroatoms. The Kier molecular flexibility index (Phi) is 4.70. The number of nitrogens with zero attached hydrogens (tertiary/aromatic N) is 4. The number of rotatable bonds is 2. The summed E-state index contributed by atoms with van der Waals surface area (Å²) in [5.41, 5.74) is 9.55. The second-order valence-electron chi connectivity index (χ2n) is 7.23. The highest BCUT2D eigenvalue weighted by Gasteiger charge is 2.29. The normalized spacial score (nSPS) is 19.7. The number of carbonyl (C=O) groups excluding carboxylic acids is 1. The third kappa shape index (κ3) is 3.47. The van der Waals surface area contributed by atoms with E-state index in [9.17, 15) is 4.79 Å². The molecule has 1 atom stereocenters. The van der Waals surface area contributed by atoms with E-state index in [1.54, 1.807) is 6.92 Å². The number of hydrogen-bond acceptors (Lipinski definition) is 6. The Bertz CT molecular complexity index is 852. The summed E-state index contributed by atoms with van der Waals surface area (Å²) in [6, 6.07) is 7.85. The zero-order valence-electron chi connectivity index (χ0n) is 15.8. The highest BCUT2D eigenvalue weighted by Crippen LogP contribution is 2.31. The zero-order valence-corrected chi connectivity index (χ0v) is 15.8. The van der Waals surface area contributed by atoms with E-state index in [4.69, 9.17) is 20.4 Å². The van der Waals surface area contributed by atoms with Crippen molar-refractivity contribution >= 4 is 17.4 Å². The molecule has 2 aliphatic heterocycles. The lowest BCUT2D eigenvalue weighted by atomic mass is 10.0. The van der Waals surface area contributed by atoms with Gasteiger partial charge < -0.3 is 20.3 Å². The molecule has 2 aromatic rings. The van der Waals surface area contributed by atoms with Crippen molar-refractivity contribution in [3.05, 3.63) is 35.5 Å². The Morgan fingerprint density at radius 3 is 2.70 bits per heavy atom. The molecule has 0 saturated carbocycles. The molecule has 2 aliphatic rings. The zero-order chi connectivity index (χ0) is 19.0. The van der Waals surface area contributed by atoms with Crippen LogP contribution in [-0.2, 0) is 22.5 Å². The summed E-state index contributed by atoms with van der Waals surface area (Å²) < 4.78 is 5.60. The van der Waals surface area contributed by atoms with Crippen LogP contribution < -0.4 is 10.6 Å². The maximum absolute atomic E-state index is 11.9. The lowest BCUT2D eigenvalue weighted by Gasteiger charge is -2.37. The van der Waals surface area contributed by atoms with Crippen molar-refractivity contribution in [2.45, 2.75) is 32.9 Å². The van der Waals surface area contributed by atoms with Crippen molar-refractivity contribution in [3.63, 3.8) is 0 Å². The Morgan fingerprint density at radius 1 is 1.22 bits per heavy atom. The molecule has 1 aromatic carbocycles. The molecular formula is C20H25N5O2. The van der Waals surface area contributed by atoms with E-state index in [0.717, 1.165) is 35.6 Å². The van der Waals surface area contributed by atoms with Gasteiger partial charge in [-0.3, -0.25) is 4.79 Å². The molecule has 1 amide bonds. The minimum atomic E-state index is 0.0783. The monoisotopic (exact) mass is 367 g/mol. The Labute approximate surface area is 159 Å². The second-order valence-corrected chi connectivity index (χ2v) is 7.23. The number of ether oxygens (including phenoxy) is 1. The van der Waals surface area contributed by atoms with Gasteiger partial charge in [-0.1, -0.05) is 0 Å². The van der Waals surface area contributed by atoms with Crippen LogP contribution in [0.3, 0.4) is 0 Å². The van der Waals surface area contributed by atoms with E-state index in [1.165, 1.54) is 0 Å². The maximum Gasteiger partial charge on any atom is 0.219 e. The van der Waals surface area contributed by atoms with Crippen LogP contribution >= 0.6 is 0 Å². The molecule has 1 saturated heterocycles. The first kappa shape index (κ1) is 17.7. The third-order valence-electron chi connectivity index (χ3n) is 5.30. The van der Waals surface area contributed by atoms with Crippen molar-refractivity contribution in [2.75, 3.05) is 36.9 Å². The smallest absolute Gasteiger partial charge is 0.219 e. The van der Waals surface area contributed by atoms with Gasteiger partial charge >= 0.3 is 0 Å². The standard InChI is InChI=1S/C20H25N5O2/c1-13-12-27-10-9-25(13)20-17-7-8-24(14(2)26)11-18(17)22-19(23-20)15-3-5-16(21)6-4-15/h3-6,13H,7-12,21H2,1-2H3. The van der Waals surface area contributed by atoms with Crippen LogP contribution in [-0.4, -0.2) is 53.1 Å². The Balaban J connectivity index is 1.81. The molecule has 3 heterocycles. The minimum absolute atomic E-state index is 0.0783. The van der Waals surface area contributed by atoms with Crippen LogP contribution in [0, 0.1) is 0 Å². The molecule has 0 aliphatic carbocycles. The van der Waals surface area contributed by atoms with E-state index in [1.807, 2.05) is 29.2 Å². The van der Waals surface area contributed by atoms with Crippen LogP contribution in [0.5, 0.6) is 0 Å². The van der Waals surface area contributed by atoms with E-state index < -0.39 is 0 Å². The largest absolute Gasteiger partial charge is 0.399 e. The Hall–Kier alpha value is -2.67. The second kappa shape index (κ2) is 7.15. The number of amides is 1. The number of nitrogens with two attached hydrogens (primary N) is 1. The van der Waals surface area contributed by atoms with Crippen molar-refractivity contribution < 1.29 is 9.53 Å². The average molecular weight is 367 g/mol. The summed E-state index contributed by atoms with van der Waals surface area (Å²) in [6.45, 7) is 7.19. The number of hydrogen-bond donors (Lipinski definition) is 1. The number of carbonyl (C=O) groups is 1. The van der Waals surface area contributed by atoms with Gasteiger partial charge in [0.2, 0.25) is 5.91 Å². The van der Waals surface area contributed by atoms with E-state index >= 15 is 0 Å². The first-order chi connectivity index (χ1) is 13.0. The lowest BCUT2D eigenvalue weighted by molar-refractivity contribution is -0.129. The molecule has 1 unspecified atom stereocenters. The number of anilines is 2. The first-order valence-electron chi connectivity index (χ1n) is 9.38. The van der Waals surface area contributed by atoms with Gasteiger partial charge in [-0.15, -0.1) is 0 Å². The highest BCUT2D eigenvalue weighted by molar-refractivity contribution is 5.74. The van der Waals surface area contributed by atoms with Gasteiger partial charge in [0.1, 0.15) is 5.82 Å². The Morgan fingerprint density at radius 2 is 2.00 bits per heavy atom. The van der Waals surface area contributed by atoms with Crippen LogP contribution in [0.1, 0.15) is 25.1 Å². The van der Waals surface area contributed by atoms with Crippen molar-refractivity contribution in [3.8, 4) is 11.4 Å². The third-order valence-corrected chi connectivity index (χ3v) is 5.30. The molecule has 7 nitrogen and oxygen atoms in total. The van der Waals surface area contributed by atoms with Crippen LogP contribution in [0.4, 0.5) is 11.5 Å². The van der Waals surface area contributed by atoms with Crippen LogP contribution in [0.25, 0.3) is 11.4 Å². The van der Waals surface area contributed by atoms with Gasteiger partial charge in [-0.2, -0.15) is 0 Å². The van der Waals surface area contributed by atoms with Crippen LogP contribution in [0.15, 0.2) is 24.3 Å². The van der Waals surface area contributed by atoms with Crippen LogP contribution in [0.2, 0.25) is 0 Å². The predicted octanol–water partition coefficient (Wildman–Crippen LogP) is 1.86. The van der Waals surface area contributed by atoms with Gasteiger partial charge in [0.15, 0.2) is 5.82 Å². The molecule has 0 radical (unpaired) electrons. The lowest BCUT2D eigenvalue weighted by Crippen LogP contribution is -2.45. The molecule has 27 heavy (non-hydrogen) atoms. The molecule has 1 aromatic heterocycles. The topological polar surface area (TPSA) is 84.6 Å². The van der Waals surface area contributed by atoms with Gasteiger partial charge in [0.25, 0.3) is 0 Å². The van der Waals surface area contributed by atoms with Gasteiger partial charge in [-0.05, 0) is 37.6 Å². The van der Waals surface area contributed by atoms with Gasteiger partial charge in [-0.25, -0.2) is 9.97 Å². The molecule has 1 fully saturated rings. The number of nitrogen functional groups attached to an aromatic ring is 1. The quantitative estimate of drug-likeness (QED) is 0.816. The molecule has 0 bridgehead atoms.